The molecule has 28 heavy (non-hydrogen) atoms. The van der Waals surface area contributed by atoms with Gasteiger partial charge < -0.3 is 0 Å². The van der Waals surface area contributed by atoms with Gasteiger partial charge in [-0.25, -0.2) is 0 Å². The third kappa shape index (κ3) is 2.45. The van der Waals surface area contributed by atoms with Crippen molar-refractivity contribution < 1.29 is 4.79 Å². The van der Waals surface area contributed by atoms with E-state index < -0.39 is 0 Å². The van der Waals surface area contributed by atoms with E-state index in [2.05, 4.69) is 31.2 Å². The minimum absolute atomic E-state index is 0.0407. The first-order chi connectivity index (χ1) is 13.6. The number of halogens is 2. The van der Waals surface area contributed by atoms with Crippen LogP contribution in [0.2, 0.25) is 10.0 Å². The average Bonchev–Trinajstić information content (AvgIpc) is 3.19. The zero-order valence-electron chi connectivity index (χ0n) is 15.2. The van der Waals surface area contributed by atoms with E-state index in [1.165, 1.54) is 22.3 Å². The van der Waals surface area contributed by atoms with Crippen molar-refractivity contribution in [2.75, 3.05) is 4.90 Å². The maximum atomic E-state index is 13.4. The summed E-state index contributed by atoms with van der Waals surface area (Å²) in [6, 6.07) is 21.5. The number of anilines is 1. The van der Waals surface area contributed by atoms with E-state index in [-0.39, 0.29) is 11.9 Å². The Morgan fingerprint density at radius 1 is 0.893 bits per heavy atom. The van der Waals surface area contributed by atoms with Gasteiger partial charge in [0.1, 0.15) is 0 Å². The molecule has 138 valence electrons. The van der Waals surface area contributed by atoms with Crippen molar-refractivity contribution in [2.45, 2.75) is 19.4 Å². The zero-order valence-corrected chi connectivity index (χ0v) is 16.8. The van der Waals surface area contributed by atoms with Crippen molar-refractivity contribution in [2.24, 2.45) is 0 Å². The summed E-state index contributed by atoms with van der Waals surface area (Å²) in [7, 11) is 0. The molecule has 2 aliphatic rings. The number of benzene rings is 3. The fourth-order valence-corrected chi connectivity index (χ4v) is 4.83. The predicted molar refractivity (Wildman–Crippen MR) is 115 cm³/mol. The molecule has 1 aliphatic heterocycles. The molecular weight excluding hydrogens is 389 g/mol. The van der Waals surface area contributed by atoms with Crippen molar-refractivity contribution in [1.82, 2.24) is 0 Å². The maximum absolute atomic E-state index is 13.4. The van der Waals surface area contributed by atoms with Crippen LogP contribution in [0, 0.1) is 0 Å². The van der Waals surface area contributed by atoms with Crippen LogP contribution in [-0.2, 0) is 6.42 Å². The molecule has 0 radical (unpaired) electrons. The molecule has 1 amide bonds. The van der Waals surface area contributed by atoms with E-state index in [4.69, 9.17) is 23.2 Å². The Kier molecular flexibility index (Phi) is 4.08. The molecule has 0 fully saturated rings. The van der Waals surface area contributed by atoms with Crippen LogP contribution in [0.25, 0.3) is 5.57 Å². The third-order valence-corrected chi connectivity index (χ3v) is 6.58. The summed E-state index contributed by atoms with van der Waals surface area (Å²) in [5.74, 6) is -0.0407. The zero-order chi connectivity index (χ0) is 19.4. The van der Waals surface area contributed by atoms with Crippen LogP contribution >= 0.6 is 23.2 Å². The van der Waals surface area contributed by atoms with Crippen molar-refractivity contribution in [1.29, 1.82) is 0 Å². The highest BCUT2D eigenvalue weighted by Crippen LogP contribution is 2.49. The monoisotopic (exact) mass is 405 g/mol. The second-order valence-electron chi connectivity index (χ2n) is 7.22. The summed E-state index contributed by atoms with van der Waals surface area (Å²) in [4.78, 5) is 15.2. The van der Waals surface area contributed by atoms with E-state index in [0.717, 1.165) is 17.5 Å². The van der Waals surface area contributed by atoms with E-state index in [1.54, 1.807) is 6.07 Å². The Bertz CT molecular complexity index is 1160. The molecule has 3 aromatic rings. The summed E-state index contributed by atoms with van der Waals surface area (Å²) in [6.45, 7) is 2.14. The molecule has 2 nitrogen and oxygen atoms in total. The van der Waals surface area contributed by atoms with Crippen LogP contribution in [0.4, 0.5) is 5.69 Å². The number of carbonyl (C=O) groups excluding carboxylic acids is 1. The van der Waals surface area contributed by atoms with Gasteiger partial charge >= 0.3 is 0 Å². The molecule has 0 spiro atoms. The van der Waals surface area contributed by atoms with Gasteiger partial charge in [0, 0.05) is 5.56 Å². The van der Waals surface area contributed by atoms with Gasteiger partial charge in [-0.05, 0) is 59.4 Å². The molecule has 0 bridgehead atoms. The number of carbonyl (C=O) groups is 1. The summed E-state index contributed by atoms with van der Waals surface area (Å²) in [5.41, 5.74) is 7.40. The van der Waals surface area contributed by atoms with Crippen molar-refractivity contribution >= 4 is 40.4 Å². The van der Waals surface area contributed by atoms with Gasteiger partial charge in [0.25, 0.3) is 5.91 Å². The Hall–Kier alpha value is -2.55. The number of rotatable bonds is 2. The fraction of sp³-hybridized carbons (Fsp3) is 0.125. The van der Waals surface area contributed by atoms with Crippen LogP contribution in [-0.4, -0.2) is 5.91 Å². The van der Waals surface area contributed by atoms with E-state index >= 15 is 0 Å². The molecule has 1 unspecified atom stereocenters. The number of fused-ring (bicyclic) bond motifs is 2. The van der Waals surface area contributed by atoms with Gasteiger partial charge in [0.2, 0.25) is 0 Å². The second-order valence-corrected chi connectivity index (χ2v) is 8.01. The van der Waals surface area contributed by atoms with Gasteiger partial charge in [-0.2, -0.15) is 0 Å². The molecule has 0 saturated carbocycles. The molecule has 0 N–H and O–H groups in total. The van der Waals surface area contributed by atoms with E-state index in [1.807, 2.05) is 41.3 Å². The van der Waals surface area contributed by atoms with Gasteiger partial charge in [-0.15, -0.1) is 0 Å². The lowest BCUT2D eigenvalue weighted by Crippen LogP contribution is -2.29. The summed E-state index contributed by atoms with van der Waals surface area (Å²) in [6.07, 6.45) is 0.822. The van der Waals surface area contributed by atoms with Crippen LogP contribution < -0.4 is 4.90 Å². The topological polar surface area (TPSA) is 20.3 Å². The number of allylic oxidation sites excluding steroid dienone is 1. The maximum Gasteiger partial charge on any atom is 0.259 e. The summed E-state index contributed by atoms with van der Waals surface area (Å²) >= 11 is 12.8. The molecule has 5 rings (SSSR count). The molecule has 1 aliphatic carbocycles. The van der Waals surface area contributed by atoms with E-state index in [9.17, 15) is 4.79 Å². The van der Waals surface area contributed by atoms with Crippen LogP contribution in [0.1, 0.15) is 40.0 Å². The number of nitrogens with zero attached hydrogens (tertiary/aromatic N) is 1. The second kappa shape index (κ2) is 6.51. The number of amides is 1. The molecule has 1 atom stereocenters. The van der Waals surface area contributed by atoms with E-state index in [0.29, 0.717) is 15.7 Å². The lowest BCUT2D eigenvalue weighted by Gasteiger charge is -2.28. The van der Waals surface area contributed by atoms with Gasteiger partial charge in [-0.3, -0.25) is 9.69 Å². The molecular formula is C24H17Cl2NO. The first-order valence-electron chi connectivity index (χ1n) is 9.22. The SMILES string of the molecule is CC1=C(C2c3ccccc3C(=O)N2c2cccc(Cl)c2Cl)Cc2ccccc21. The lowest BCUT2D eigenvalue weighted by molar-refractivity contribution is 0.0993. The Balaban J connectivity index is 1.73. The minimum atomic E-state index is -0.188. The van der Waals surface area contributed by atoms with Gasteiger partial charge in [-0.1, -0.05) is 71.7 Å². The Morgan fingerprint density at radius 2 is 1.61 bits per heavy atom. The van der Waals surface area contributed by atoms with Crippen molar-refractivity contribution in [3.8, 4) is 0 Å². The molecule has 3 aromatic carbocycles. The Labute approximate surface area is 174 Å². The lowest BCUT2D eigenvalue weighted by atomic mass is 9.94. The van der Waals surface area contributed by atoms with Crippen molar-refractivity contribution in [3.05, 3.63) is 105 Å². The van der Waals surface area contributed by atoms with Crippen LogP contribution in [0.15, 0.2) is 72.3 Å². The molecule has 0 saturated heterocycles. The minimum Gasteiger partial charge on any atom is -0.295 e. The molecule has 4 heteroatoms. The molecule has 1 heterocycles. The number of hydrogen-bond acceptors (Lipinski definition) is 1. The summed E-state index contributed by atoms with van der Waals surface area (Å²) < 4.78 is 0. The average molecular weight is 406 g/mol. The highest BCUT2D eigenvalue weighted by atomic mass is 35.5. The van der Waals surface area contributed by atoms with Crippen LogP contribution in [0.3, 0.4) is 0 Å². The number of hydrogen-bond donors (Lipinski definition) is 0. The largest absolute Gasteiger partial charge is 0.295 e. The normalized spacial score (nSPS) is 17.9. The summed E-state index contributed by atoms with van der Waals surface area (Å²) in [5, 5.41) is 0.853. The van der Waals surface area contributed by atoms with Crippen LogP contribution in [0.5, 0.6) is 0 Å². The fourth-order valence-electron chi connectivity index (χ4n) is 4.44. The highest BCUT2D eigenvalue weighted by Gasteiger charge is 2.42. The smallest absolute Gasteiger partial charge is 0.259 e. The first kappa shape index (κ1) is 17.5. The predicted octanol–water partition coefficient (Wildman–Crippen LogP) is 6.72. The standard InChI is InChI=1S/C24H17Cl2NO/c1-14-16-8-3-2-7-15(16)13-19(14)23-17-9-4-5-10-18(17)24(28)27(23)21-12-6-11-20(25)22(21)26/h2-12,23H,13H2,1H3. The molecule has 0 aromatic heterocycles. The first-order valence-corrected chi connectivity index (χ1v) is 9.98. The highest BCUT2D eigenvalue weighted by molar-refractivity contribution is 6.44. The third-order valence-electron chi connectivity index (χ3n) is 5.77. The Morgan fingerprint density at radius 3 is 2.39 bits per heavy atom. The van der Waals surface area contributed by atoms with Gasteiger partial charge in [0.05, 0.1) is 21.8 Å². The van der Waals surface area contributed by atoms with Gasteiger partial charge in [0.15, 0.2) is 0 Å². The van der Waals surface area contributed by atoms with Crippen molar-refractivity contribution in [3.63, 3.8) is 0 Å². The quantitative estimate of drug-likeness (QED) is 0.462.